The predicted octanol–water partition coefficient (Wildman–Crippen LogP) is 2.09. The Morgan fingerprint density at radius 3 is 2.76 bits per heavy atom. The number of esters is 1. The topological polar surface area (TPSA) is 74.1 Å². The van der Waals surface area contributed by atoms with Crippen LogP contribution in [0.3, 0.4) is 0 Å². The molecule has 0 aliphatic carbocycles. The fraction of sp³-hybridized carbons (Fsp3) is 0.231. The van der Waals surface area contributed by atoms with Gasteiger partial charge in [-0.15, -0.1) is 10.2 Å². The Hall–Kier alpha value is -1.42. The smallest absolute Gasteiger partial charge is 0.340 e. The molecule has 6 nitrogen and oxygen atoms in total. The van der Waals surface area contributed by atoms with E-state index in [-0.39, 0.29) is 18.0 Å². The van der Waals surface area contributed by atoms with E-state index in [9.17, 15) is 9.59 Å². The Balaban J connectivity index is 2.21. The average Bonchev–Trinajstić information content (AvgIpc) is 2.49. The van der Waals surface area contributed by atoms with E-state index in [1.165, 1.54) is 16.3 Å². The SMILES string of the molecule is CSc1nnc(C)c(=O)n1COC(=O)c1ccccc1I. The maximum Gasteiger partial charge on any atom is 0.340 e. The molecule has 0 amide bonds. The summed E-state index contributed by atoms with van der Waals surface area (Å²) in [6.07, 6.45) is 1.78. The lowest BCUT2D eigenvalue weighted by Gasteiger charge is -2.11. The number of thioether (sulfide) groups is 1. The first-order valence-corrected chi connectivity index (χ1v) is 8.24. The minimum Gasteiger partial charge on any atom is -0.440 e. The third-order valence-electron chi connectivity index (χ3n) is 2.67. The Kier molecular flexibility index (Phi) is 5.34. The molecule has 0 bridgehead atoms. The van der Waals surface area contributed by atoms with Crippen LogP contribution in [0.1, 0.15) is 16.1 Å². The molecule has 0 aliphatic heterocycles. The first kappa shape index (κ1) is 16.0. The van der Waals surface area contributed by atoms with Crippen LogP contribution < -0.4 is 5.56 Å². The molecule has 0 aliphatic rings. The lowest BCUT2D eigenvalue weighted by Crippen LogP contribution is -2.28. The number of nitrogens with zero attached hydrogens (tertiary/aromatic N) is 3. The number of rotatable bonds is 4. The van der Waals surface area contributed by atoms with Gasteiger partial charge in [0.2, 0.25) is 0 Å². The normalized spacial score (nSPS) is 10.4. The maximum atomic E-state index is 12.0. The number of carbonyl (C=O) groups excluding carboxylic acids is 1. The number of benzene rings is 1. The number of aryl methyl sites for hydroxylation is 1. The van der Waals surface area contributed by atoms with E-state index in [2.05, 4.69) is 32.8 Å². The lowest BCUT2D eigenvalue weighted by atomic mass is 10.2. The highest BCUT2D eigenvalue weighted by molar-refractivity contribution is 14.1. The van der Waals surface area contributed by atoms with E-state index in [1.807, 2.05) is 12.1 Å². The van der Waals surface area contributed by atoms with Crippen molar-refractivity contribution in [1.82, 2.24) is 14.8 Å². The highest BCUT2D eigenvalue weighted by Gasteiger charge is 2.14. The molecule has 0 saturated carbocycles. The summed E-state index contributed by atoms with van der Waals surface area (Å²) in [7, 11) is 0. The molecule has 1 aromatic heterocycles. The first-order valence-electron chi connectivity index (χ1n) is 5.94. The van der Waals surface area contributed by atoms with Gasteiger partial charge < -0.3 is 4.74 Å². The highest BCUT2D eigenvalue weighted by atomic mass is 127. The number of hydrogen-bond acceptors (Lipinski definition) is 6. The minimum absolute atomic E-state index is 0.185. The van der Waals surface area contributed by atoms with Gasteiger partial charge >= 0.3 is 5.97 Å². The van der Waals surface area contributed by atoms with Crippen molar-refractivity contribution in [2.75, 3.05) is 6.26 Å². The second-order valence-electron chi connectivity index (χ2n) is 4.05. The summed E-state index contributed by atoms with van der Waals surface area (Å²) in [4.78, 5) is 24.1. The number of aromatic nitrogens is 3. The zero-order chi connectivity index (χ0) is 15.4. The summed E-state index contributed by atoms with van der Waals surface area (Å²) >= 11 is 3.33. The van der Waals surface area contributed by atoms with Crippen molar-refractivity contribution >= 4 is 40.3 Å². The van der Waals surface area contributed by atoms with Gasteiger partial charge in [0.15, 0.2) is 11.9 Å². The zero-order valence-corrected chi connectivity index (χ0v) is 14.3. The Labute approximate surface area is 139 Å². The van der Waals surface area contributed by atoms with Gasteiger partial charge in [-0.05, 0) is 47.9 Å². The molecule has 1 aromatic carbocycles. The van der Waals surface area contributed by atoms with Gasteiger partial charge in [-0.25, -0.2) is 9.36 Å². The number of hydrogen-bond donors (Lipinski definition) is 0. The second-order valence-corrected chi connectivity index (χ2v) is 5.98. The van der Waals surface area contributed by atoms with Crippen molar-refractivity contribution in [2.24, 2.45) is 0 Å². The van der Waals surface area contributed by atoms with Crippen molar-refractivity contribution < 1.29 is 9.53 Å². The molecule has 0 saturated heterocycles. The molecule has 0 atom stereocenters. The molecular weight excluding hydrogens is 405 g/mol. The molecule has 0 radical (unpaired) electrons. The van der Waals surface area contributed by atoms with Crippen LogP contribution in [0.15, 0.2) is 34.2 Å². The van der Waals surface area contributed by atoms with Crippen molar-refractivity contribution in [2.45, 2.75) is 18.8 Å². The predicted molar refractivity (Wildman–Crippen MR) is 87.4 cm³/mol. The lowest BCUT2D eigenvalue weighted by molar-refractivity contribution is 0.0343. The van der Waals surface area contributed by atoms with Gasteiger partial charge in [-0.2, -0.15) is 0 Å². The monoisotopic (exact) mass is 417 g/mol. The molecular formula is C13H12IN3O3S. The minimum atomic E-state index is -0.478. The number of ether oxygens (including phenoxy) is 1. The van der Waals surface area contributed by atoms with Crippen molar-refractivity contribution in [1.29, 1.82) is 0 Å². The van der Waals surface area contributed by atoms with E-state index in [1.54, 1.807) is 25.3 Å². The quantitative estimate of drug-likeness (QED) is 0.431. The van der Waals surface area contributed by atoms with E-state index >= 15 is 0 Å². The molecule has 110 valence electrons. The summed E-state index contributed by atoms with van der Waals surface area (Å²) in [6.45, 7) is 1.38. The van der Waals surface area contributed by atoms with E-state index in [4.69, 9.17) is 4.74 Å². The second kappa shape index (κ2) is 7.03. The maximum absolute atomic E-state index is 12.0. The Morgan fingerprint density at radius 1 is 1.38 bits per heavy atom. The molecule has 0 N–H and O–H groups in total. The fourth-order valence-corrected chi connectivity index (χ4v) is 2.68. The summed E-state index contributed by atoms with van der Waals surface area (Å²) in [5.41, 5.74) is 0.415. The van der Waals surface area contributed by atoms with E-state index in [0.29, 0.717) is 10.7 Å². The highest BCUT2D eigenvalue weighted by Crippen LogP contribution is 2.13. The van der Waals surface area contributed by atoms with Crippen molar-refractivity contribution in [3.63, 3.8) is 0 Å². The largest absolute Gasteiger partial charge is 0.440 e. The van der Waals surface area contributed by atoms with Crippen LogP contribution in [0.2, 0.25) is 0 Å². The first-order chi connectivity index (χ1) is 10.0. The van der Waals surface area contributed by atoms with Gasteiger partial charge in [-0.3, -0.25) is 4.79 Å². The van der Waals surface area contributed by atoms with E-state index in [0.717, 1.165) is 3.57 Å². The Bertz CT molecular complexity index is 733. The zero-order valence-electron chi connectivity index (χ0n) is 11.4. The fourth-order valence-electron chi connectivity index (χ4n) is 1.59. The average molecular weight is 417 g/mol. The Morgan fingerprint density at radius 2 is 2.10 bits per heavy atom. The molecule has 21 heavy (non-hydrogen) atoms. The summed E-state index contributed by atoms with van der Waals surface area (Å²) in [6, 6.07) is 7.09. The summed E-state index contributed by atoms with van der Waals surface area (Å²) in [5, 5.41) is 8.08. The van der Waals surface area contributed by atoms with Crippen molar-refractivity contribution in [3.8, 4) is 0 Å². The van der Waals surface area contributed by atoms with Crippen molar-refractivity contribution in [3.05, 3.63) is 49.4 Å². The van der Waals surface area contributed by atoms with Gasteiger partial charge in [0.1, 0.15) is 5.69 Å². The molecule has 0 fully saturated rings. The third-order valence-corrected chi connectivity index (χ3v) is 4.28. The van der Waals surface area contributed by atoms with Gasteiger partial charge in [0.05, 0.1) is 5.56 Å². The number of carbonyl (C=O) groups is 1. The van der Waals surface area contributed by atoms with Gasteiger partial charge in [0, 0.05) is 3.57 Å². The van der Waals surface area contributed by atoms with Crippen LogP contribution in [-0.2, 0) is 11.5 Å². The number of halogens is 1. The summed E-state index contributed by atoms with van der Waals surface area (Å²) in [5.74, 6) is -0.478. The molecule has 2 aromatic rings. The molecule has 2 rings (SSSR count). The van der Waals surface area contributed by atoms with Gasteiger partial charge in [-0.1, -0.05) is 23.9 Å². The van der Waals surface area contributed by atoms with Crippen LogP contribution in [0, 0.1) is 10.5 Å². The van der Waals surface area contributed by atoms with Crippen LogP contribution in [0.5, 0.6) is 0 Å². The van der Waals surface area contributed by atoms with Crippen LogP contribution in [-0.4, -0.2) is 27.0 Å². The summed E-state index contributed by atoms with van der Waals surface area (Å²) < 4.78 is 7.30. The molecule has 0 unspecified atom stereocenters. The van der Waals surface area contributed by atoms with E-state index < -0.39 is 5.97 Å². The van der Waals surface area contributed by atoms with Gasteiger partial charge in [0.25, 0.3) is 5.56 Å². The molecule has 1 heterocycles. The molecule has 0 spiro atoms. The van der Waals surface area contributed by atoms with Crippen LogP contribution in [0.25, 0.3) is 0 Å². The molecule has 8 heteroatoms. The van der Waals surface area contributed by atoms with Crippen LogP contribution in [0.4, 0.5) is 0 Å². The van der Waals surface area contributed by atoms with Crippen LogP contribution >= 0.6 is 34.4 Å². The standard InChI is InChI=1S/C13H12IN3O3S/c1-8-11(18)17(13(21-2)16-15-8)7-20-12(19)9-5-3-4-6-10(9)14/h3-6H,7H2,1-2H3. The third kappa shape index (κ3) is 3.62.